The lowest BCUT2D eigenvalue weighted by Gasteiger charge is -2.27. The summed E-state index contributed by atoms with van der Waals surface area (Å²) in [7, 11) is 0. The monoisotopic (exact) mass is 403 g/mol. The molecule has 0 saturated carbocycles. The third-order valence-corrected chi connectivity index (χ3v) is 6.32. The Labute approximate surface area is 182 Å². The Kier molecular flexibility index (Phi) is 7.25. The Bertz CT molecular complexity index is 873. The van der Waals surface area contributed by atoms with Crippen molar-refractivity contribution >= 4 is 11.4 Å². The average molecular weight is 404 g/mol. The molecule has 0 aliphatic heterocycles. The zero-order chi connectivity index (χ0) is 21.7. The van der Waals surface area contributed by atoms with Crippen LogP contribution < -0.4 is 9.80 Å². The first kappa shape index (κ1) is 22.0. The van der Waals surface area contributed by atoms with Gasteiger partial charge in [-0.25, -0.2) is 0 Å². The molecule has 0 amide bonds. The fourth-order valence-electron chi connectivity index (χ4n) is 4.56. The fourth-order valence-corrected chi connectivity index (χ4v) is 4.56. The van der Waals surface area contributed by atoms with E-state index < -0.39 is 0 Å². The largest absolute Gasteiger partial charge is 0.372 e. The van der Waals surface area contributed by atoms with E-state index in [2.05, 4.69) is 105 Å². The van der Waals surface area contributed by atoms with Crippen molar-refractivity contribution in [3.63, 3.8) is 0 Å². The minimum absolute atomic E-state index is 0.205. The molecule has 0 unspecified atom stereocenters. The summed E-state index contributed by atoms with van der Waals surface area (Å²) in [5.41, 5.74) is 9.27. The highest BCUT2D eigenvalue weighted by molar-refractivity contribution is 5.58. The van der Waals surface area contributed by atoms with Crippen molar-refractivity contribution in [1.29, 1.82) is 0 Å². The summed E-state index contributed by atoms with van der Waals surface area (Å²) < 4.78 is 0. The Balaban J connectivity index is 2.08. The molecule has 3 nitrogen and oxygen atoms in total. The Hall–Kier alpha value is -2.68. The minimum Gasteiger partial charge on any atom is -0.372 e. The smallest absolute Gasteiger partial charge is 0.0496 e. The van der Waals surface area contributed by atoms with Crippen LogP contribution in [0.3, 0.4) is 0 Å². The highest BCUT2D eigenvalue weighted by atomic mass is 15.1. The zero-order valence-electron chi connectivity index (χ0n) is 19.5. The number of hydrogen-bond donors (Lipinski definition) is 1. The topological polar surface area (TPSA) is 22.3 Å². The standard InChI is InChI=1S/C27H37N3/c1-7-29(8-2)22-13-15-24(20(5)18-22)27(26-12-11-17-28-26)25-16-14-23(19-21(25)6)30(9-3)10-4/h11-19,27-28H,7-10H2,1-6H3. The van der Waals surface area contributed by atoms with Crippen LogP contribution in [0.5, 0.6) is 0 Å². The quantitative estimate of drug-likeness (QED) is 0.440. The molecule has 3 aromatic rings. The predicted octanol–water partition coefficient (Wildman–Crippen LogP) is 6.50. The molecule has 0 aliphatic carbocycles. The first-order valence-electron chi connectivity index (χ1n) is 11.4. The number of aromatic amines is 1. The highest BCUT2D eigenvalue weighted by Gasteiger charge is 2.22. The number of H-pyrrole nitrogens is 1. The number of rotatable bonds is 9. The summed E-state index contributed by atoms with van der Waals surface area (Å²) in [6.07, 6.45) is 2.03. The molecule has 0 radical (unpaired) electrons. The van der Waals surface area contributed by atoms with Crippen molar-refractivity contribution in [2.24, 2.45) is 0 Å². The Morgan fingerprint density at radius 1 is 0.700 bits per heavy atom. The van der Waals surface area contributed by atoms with E-state index in [1.807, 2.05) is 6.20 Å². The van der Waals surface area contributed by atoms with E-state index in [0.29, 0.717) is 0 Å². The SMILES string of the molecule is CCN(CC)c1ccc(C(c2ccc[nH]2)c2ccc(N(CC)CC)cc2C)c(C)c1. The molecule has 3 rings (SSSR count). The lowest BCUT2D eigenvalue weighted by atomic mass is 9.83. The summed E-state index contributed by atoms with van der Waals surface area (Å²) in [6.45, 7) is 17.5. The van der Waals surface area contributed by atoms with Crippen LogP contribution in [0.2, 0.25) is 0 Å². The molecule has 0 bridgehead atoms. The molecule has 30 heavy (non-hydrogen) atoms. The van der Waals surface area contributed by atoms with Crippen molar-refractivity contribution in [1.82, 2.24) is 4.98 Å². The van der Waals surface area contributed by atoms with Gasteiger partial charge in [-0.1, -0.05) is 12.1 Å². The molecule has 0 aliphatic rings. The van der Waals surface area contributed by atoms with E-state index in [1.165, 1.54) is 39.3 Å². The molecule has 1 heterocycles. The number of hydrogen-bond acceptors (Lipinski definition) is 2. The van der Waals surface area contributed by atoms with Crippen LogP contribution in [0.1, 0.15) is 61.6 Å². The van der Waals surface area contributed by atoms with Crippen molar-refractivity contribution in [3.8, 4) is 0 Å². The Morgan fingerprint density at radius 3 is 1.50 bits per heavy atom. The summed E-state index contributed by atoms with van der Waals surface area (Å²) in [5, 5.41) is 0. The number of nitrogens with one attached hydrogen (secondary N) is 1. The number of aromatic nitrogens is 1. The molecular weight excluding hydrogens is 366 g/mol. The van der Waals surface area contributed by atoms with Gasteiger partial charge in [0.1, 0.15) is 0 Å². The number of aryl methyl sites for hydroxylation is 2. The molecular formula is C27H37N3. The molecule has 1 aromatic heterocycles. The van der Waals surface area contributed by atoms with Gasteiger partial charge in [0, 0.05) is 55.4 Å². The maximum atomic E-state index is 3.49. The normalized spacial score (nSPS) is 11.2. The number of nitrogens with zero attached hydrogens (tertiary/aromatic N) is 2. The minimum atomic E-state index is 0.205. The lowest BCUT2D eigenvalue weighted by Crippen LogP contribution is -2.22. The van der Waals surface area contributed by atoms with Gasteiger partial charge in [-0.05, 0) is 100 Å². The first-order chi connectivity index (χ1) is 14.5. The zero-order valence-corrected chi connectivity index (χ0v) is 19.5. The fraction of sp³-hybridized carbons (Fsp3) is 0.407. The van der Waals surface area contributed by atoms with Crippen molar-refractivity contribution < 1.29 is 0 Å². The van der Waals surface area contributed by atoms with E-state index in [0.717, 1.165) is 26.2 Å². The van der Waals surface area contributed by atoms with Crippen LogP contribution in [-0.4, -0.2) is 31.2 Å². The van der Waals surface area contributed by atoms with E-state index in [9.17, 15) is 0 Å². The molecule has 2 aromatic carbocycles. The van der Waals surface area contributed by atoms with E-state index in [-0.39, 0.29) is 5.92 Å². The maximum absolute atomic E-state index is 3.49. The third kappa shape index (κ3) is 4.40. The van der Waals surface area contributed by atoms with Gasteiger partial charge in [-0.3, -0.25) is 0 Å². The number of benzene rings is 2. The number of anilines is 2. The summed E-state index contributed by atoms with van der Waals surface area (Å²) >= 11 is 0. The van der Waals surface area contributed by atoms with Gasteiger partial charge in [0.05, 0.1) is 0 Å². The second-order valence-electron chi connectivity index (χ2n) is 7.98. The van der Waals surface area contributed by atoms with Gasteiger partial charge in [0.2, 0.25) is 0 Å². The second kappa shape index (κ2) is 9.88. The van der Waals surface area contributed by atoms with Crippen molar-refractivity contribution in [2.75, 3.05) is 36.0 Å². The van der Waals surface area contributed by atoms with E-state index in [4.69, 9.17) is 0 Å². The maximum Gasteiger partial charge on any atom is 0.0496 e. The second-order valence-corrected chi connectivity index (χ2v) is 7.98. The van der Waals surface area contributed by atoms with Gasteiger partial charge in [0.15, 0.2) is 0 Å². The molecule has 1 N–H and O–H groups in total. The van der Waals surface area contributed by atoms with Gasteiger partial charge < -0.3 is 14.8 Å². The van der Waals surface area contributed by atoms with Crippen LogP contribution in [0, 0.1) is 13.8 Å². The molecule has 0 spiro atoms. The molecule has 0 atom stereocenters. The summed E-state index contributed by atoms with van der Waals surface area (Å²) in [5.74, 6) is 0.205. The van der Waals surface area contributed by atoms with Crippen molar-refractivity contribution in [3.05, 3.63) is 82.7 Å². The van der Waals surface area contributed by atoms with Crippen LogP contribution in [0.15, 0.2) is 54.7 Å². The van der Waals surface area contributed by atoms with Crippen LogP contribution in [-0.2, 0) is 0 Å². The van der Waals surface area contributed by atoms with Crippen LogP contribution in [0.25, 0.3) is 0 Å². The van der Waals surface area contributed by atoms with Gasteiger partial charge >= 0.3 is 0 Å². The summed E-state index contributed by atoms with van der Waals surface area (Å²) in [4.78, 5) is 8.30. The lowest BCUT2D eigenvalue weighted by molar-refractivity contribution is 0.856. The van der Waals surface area contributed by atoms with Gasteiger partial charge in [-0.15, -0.1) is 0 Å². The van der Waals surface area contributed by atoms with E-state index >= 15 is 0 Å². The summed E-state index contributed by atoms with van der Waals surface area (Å²) in [6, 6.07) is 18.2. The van der Waals surface area contributed by atoms with Crippen LogP contribution in [0.4, 0.5) is 11.4 Å². The van der Waals surface area contributed by atoms with E-state index in [1.54, 1.807) is 0 Å². The van der Waals surface area contributed by atoms with Crippen LogP contribution >= 0.6 is 0 Å². The molecule has 0 fully saturated rings. The molecule has 3 heteroatoms. The molecule has 160 valence electrons. The Morgan fingerprint density at radius 2 is 1.17 bits per heavy atom. The average Bonchev–Trinajstić information content (AvgIpc) is 3.27. The van der Waals surface area contributed by atoms with Gasteiger partial charge in [0.25, 0.3) is 0 Å². The highest BCUT2D eigenvalue weighted by Crippen LogP contribution is 2.37. The van der Waals surface area contributed by atoms with Gasteiger partial charge in [-0.2, -0.15) is 0 Å². The van der Waals surface area contributed by atoms with Crippen molar-refractivity contribution in [2.45, 2.75) is 47.5 Å². The first-order valence-corrected chi connectivity index (χ1v) is 11.4. The third-order valence-electron chi connectivity index (χ3n) is 6.32. The predicted molar refractivity (Wildman–Crippen MR) is 131 cm³/mol. The molecule has 0 saturated heterocycles.